The summed E-state index contributed by atoms with van der Waals surface area (Å²) in [5, 5.41) is 0. The zero-order chi connectivity index (χ0) is 20.9. The fraction of sp³-hybridized carbons (Fsp3) is 0.364. The maximum atomic E-state index is 11.7. The Morgan fingerprint density at radius 1 is 0.607 bits per heavy atom. The van der Waals surface area contributed by atoms with Gasteiger partial charge in [0.2, 0.25) is 0 Å². The van der Waals surface area contributed by atoms with Crippen molar-refractivity contribution in [3.05, 3.63) is 48.5 Å². The normalized spacial score (nSPS) is 11.5. The first-order valence-electron chi connectivity index (χ1n) is 8.84. The number of benzene rings is 2. The van der Waals surface area contributed by atoms with Gasteiger partial charge in [0, 0.05) is 0 Å². The van der Waals surface area contributed by atoms with Gasteiger partial charge in [-0.15, -0.1) is 0 Å². The highest BCUT2D eigenvalue weighted by atomic mass is 16.6. The molecule has 6 heteroatoms. The first kappa shape index (κ1) is 21.3. The van der Waals surface area contributed by atoms with Crippen molar-refractivity contribution in [2.75, 3.05) is 14.2 Å². The predicted octanol–water partition coefficient (Wildman–Crippen LogP) is 4.01. The number of rotatable bonds is 7. The molecule has 0 aromatic heterocycles. The Bertz CT molecular complexity index is 748. The van der Waals surface area contributed by atoms with Gasteiger partial charge in [0.15, 0.2) is 11.2 Å². The van der Waals surface area contributed by atoms with Crippen LogP contribution in [0, 0.1) is 0 Å². The van der Waals surface area contributed by atoms with Crippen LogP contribution in [0.2, 0.25) is 0 Å². The minimum atomic E-state index is -1.07. The first-order chi connectivity index (χ1) is 13.1. The van der Waals surface area contributed by atoms with Crippen molar-refractivity contribution in [2.45, 2.75) is 38.9 Å². The lowest BCUT2D eigenvalue weighted by Crippen LogP contribution is -2.39. The van der Waals surface area contributed by atoms with Crippen LogP contribution in [0.5, 0.6) is 11.5 Å². The molecule has 0 saturated heterocycles. The Labute approximate surface area is 165 Å². The van der Waals surface area contributed by atoms with Crippen LogP contribution in [0.15, 0.2) is 48.5 Å². The quantitative estimate of drug-likeness (QED) is 0.670. The molecule has 0 fully saturated rings. The molecule has 2 aromatic rings. The molecular weight excluding hydrogens is 360 g/mol. The van der Waals surface area contributed by atoms with E-state index in [0.717, 1.165) is 11.1 Å². The topological polar surface area (TPSA) is 71.1 Å². The summed E-state index contributed by atoms with van der Waals surface area (Å²) >= 11 is 0. The van der Waals surface area contributed by atoms with Gasteiger partial charge in [0.1, 0.15) is 11.5 Å². The molecule has 0 spiro atoms. The van der Waals surface area contributed by atoms with Crippen LogP contribution in [0.3, 0.4) is 0 Å². The predicted molar refractivity (Wildman–Crippen MR) is 105 cm³/mol. The van der Waals surface area contributed by atoms with Crippen molar-refractivity contribution in [3.63, 3.8) is 0 Å². The second-order valence-corrected chi connectivity index (χ2v) is 7.26. The smallest absolute Gasteiger partial charge is 0.349 e. The summed E-state index contributed by atoms with van der Waals surface area (Å²) in [6.07, 6.45) is 0. The van der Waals surface area contributed by atoms with Gasteiger partial charge in [0.25, 0.3) is 0 Å². The standard InChI is InChI=1S/C22H26O6/c1-21(2,19(23)25-5)27-17-11-7-15(8-12-17)16-9-13-18(14-10-16)28-22(3,4)20(24)26-6/h7-14H,1-6H3. The van der Waals surface area contributed by atoms with Crippen LogP contribution >= 0.6 is 0 Å². The maximum Gasteiger partial charge on any atom is 0.349 e. The lowest BCUT2D eigenvalue weighted by atomic mass is 10.0. The molecule has 0 aliphatic rings. The number of ether oxygens (including phenoxy) is 4. The van der Waals surface area contributed by atoms with Gasteiger partial charge in [-0.2, -0.15) is 0 Å². The van der Waals surface area contributed by atoms with Crippen molar-refractivity contribution in [2.24, 2.45) is 0 Å². The lowest BCUT2D eigenvalue weighted by Gasteiger charge is -2.23. The summed E-state index contributed by atoms with van der Waals surface area (Å²) < 4.78 is 20.9. The molecule has 0 amide bonds. The fourth-order valence-corrected chi connectivity index (χ4v) is 2.60. The summed E-state index contributed by atoms with van der Waals surface area (Å²) in [4.78, 5) is 23.5. The number of carbonyl (C=O) groups is 2. The second-order valence-electron chi connectivity index (χ2n) is 7.26. The monoisotopic (exact) mass is 386 g/mol. The number of methoxy groups -OCH3 is 2. The van der Waals surface area contributed by atoms with E-state index in [-0.39, 0.29) is 0 Å². The molecule has 0 heterocycles. The summed E-state index contributed by atoms with van der Waals surface area (Å²) in [6, 6.07) is 14.8. The van der Waals surface area contributed by atoms with E-state index in [4.69, 9.17) is 18.9 Å². The molecule has 28 heavy (non-hydrogen) atoms. The number of esters is 2. The molecule has 0 atom stereocenters. The van der Waals surface area contributed by atoms with Crippen LogP contribution in [0.1, 0.15) is 27.7 Å². The van der Waals surface area contributed by atoms with Crippen molar-refractivity contribution >= 4 is 11.9 Å². The molecule has 0 unspecified atom stereocenters. The third-order valence-electron chi connectivity index (χ3n) is 4.14. The van der Waals surface area contributed by atoms with Gasteiger partial charge < -0.3 is 18.9 Å². The Kier molecular flexibility index (Phi) is 6.33. The van der Waals surface area contributed by atoms with E-state index in [0.29, 0.717) is 11.5 Å². The third-order valence-corrected chi connectivity index (χ3v) is 4.14. The molecule has 0 saturated carbocycles. The second kappa shape index (κ2) is 8.33. The van der Waals surface area contributed by atoms with Gasteiger partial charge in [-0.05, 0) is 63.1 Å². The maximum absolute atomic E-state index is 11.7. The van der Waals surface area contributed by atoms with E-state index >= 15 is 0 Å². The molecule has 6 nitrogen and oxygen atoms in total. The molecule has 0 aliphatic carbocycles. The summed E-state index contributed by atoms with van der Waals surface area (Å²) in [5.74, 6) is 0.252. The van der Waals surface area contributed by atoms with Crippen molar-refractivity contribution in [1.82, 2.24) is 0 Å². The largest absolute Gasteiger partial charge is 0.476 e. The Balaban J connectivity index is 2.10. The third kappa shape index (κ3) is 5.03. The van der Waals surface area contributed by atoms with Crippen LogP contribution in [-0.2, 0) is 19.1 Å². The van der Waals surface area contributed by atoms with E-state index in [9.17, 15) is 9.59 Å². The van der Waals surface area contributed by atoms with E-state index in [1.165, 1.54) is 14.2 Å². The van der Waals surface area contributed by atoms with Crippen LogP contribution in [-0.4, -0.2) is 37.4 Å². The van der Waals surface area contributed by atoms with Crippen LogP contribution < -0.4 is 9.47 Å². The molecule has 0 aliphatic heterocycles. The summed E-state index contributed by atoms with van der Waals surface area (Å²) in [6.45, 7) is 6.62. The number of hydrogen-bond donors (Lipinski definition) is 0. The highest BCUT2D eigenvalue weighted by Crippen LogP contribution is 2.28. The zero-order valence-electron chi connectivity index (χ0n) is 17.1. The van der Waals surface area contributed by atoms with E-state index < -0.39 is 23.1 Å². The Hall–Kier alpha value is -3.02. The van der Waals surface area contributed by atoms with Gasteiger partial charge in [-0.1, -0.05) is 24.3 Å². The first-order valence-corrected chi connectivity index (χ1v) is 8.84. The lowest BCUT2D eigenvalue weighted by molar-refractivity contribution is -0.156. The number of hydrogen-bond acceptors (Lipinski definition) is 6. The van der Waals surface area contributed by atoms with Gasteiger partial charge >= 0.3 is 11.9 Å². The van der Waals surface area contributed by atoms with Crippen molar-refractivity contribution in [1.29, 1.82) is 0 Å². The SMILES string of the molecule is COC(=O)C(C)(C)Oc1ccc(-c2ccc(OC(C)(C)C(=O)OC)cc2)cc1. The summed E-state index contributed by atoms with van der Waals surface area (Å²) in [5.41, 5.74) is -0.187. The average molecular weight is 386 g/mol. The van der Waals surface area contributed by atoms with E-state index in [2.05, 4.69) is 0 Å². The molecule has 2 rings (SSSR count). The van der Waals surface area contributed by atoms with Gasteiger partial charge in [-0.25, -0.2) is 9.59 Å². The van der Waals surface area contributed by atoms with E-state index in [1.54, 1.807) is 52.0 Å². The fourth-order valence-electron chi connectivity index (χ4n) is 2.60. The highest BCUT2D eigenvalue weighted by molar-refractivity contribution is 5.79. The van der Waals surface area contributed by atoms with Crippen molar-refractivity contribution < 1.29 is 28.5 Å². The van der Waals surface area contributed by atoms with Crippen LogP contribution in [0.4, 0.5) is 0 Å². The molecule has 2 aromatic carbocycles. The molecule has 150 valence electrons. The molecular formula is C22H26O6. The van der Waals surface area contributed by atoms with Gasteiger partial charge in [-0.3, -0.25) is 0 Å². The number of carbonyl (C=O) groups excluding carboxylic acids is 2. The van der Waals surface area contributed by atoms with E-state index in [1.807, 2.05) is 24.3 Å². The molecule has 0 N–H and O–H groups in total. The molecule has 0 bridgehead atoms. The minimum Gasteiger partial charge on any atom is -0.476 e. The summed E-state index contributed by atoms with van der Waals surface area (Å²) in [7, 11) is 2.66. The molecule has 0 radical (unpaired) electrons. The zero-order valence-corrected chi connectivity index (χ0v) is 17.1. The average Bonchev–Trinajstić information content (AvgIpc) is 2.67. The minimum absolute atomic E-state index is 0.443. The Morgan fingerprint density at radius 2 is 0.893 bits per heavy atom. The highest BCUT2D eigenvalue weighted by Gasteiger charge is 2.31. The Morgan fingerprint density at radius 3 is 1.14 bits per heavy atom. The van der Waals surface area contributed by atoms with Gasteiger partial charge in [0.05, 0.1) is 14.2 Å². The van der Waals surface area contributed by atoms with Crippen LogP contribution in [0.25, 0.3) is 11.1 Å². The van der Waals surface area contributed by atoms with Crippen molar-refractivity contribution in [3.8, 4) is 22.6 Å².